The largest absolute Gasteiger partial charge is 0.368 e. The summed E-state index contributed by atoms with van der Waals surface area (Å²) < 4.78 is 1.04. The number of nitrogens with one attached hydrogen (secondary N) is 2. The second-order valence-corrected chi connectivity index (χ2v) is 4.85. The zero-order chi connectivity index (χ0) is 10.7. The van der Waals surface area contributed by atoms with E-state index in [2.05, 4.69) is 37.6 Å². The van der Waals surface area contributed by atoms with Crippen molar-refractivity contribution in [2.45, 2.75) is 25.8 Å². The Morgan fingerprint density at radius 1 is 1.47 bits per heavy atom. The number of hydrogen-bond donors (Lipinski definition) is 2. The molecule has 0 radical (unpaired) electrons. The van der Waals surface area contributed by atoms with Gasteiger partial charge in [0.25, 0.3) is 0 Å². The van der Waals surface area contributed by atoms with Crippen LogP contribution in [0, 0.1) is 6.92 Å². The maximum atomic E-state index is 4.32. The highest BCUT2D eigenvalue weighted by Gasteiger charge is 2.19. The van der Waals surface area contributed by atoms with E-state index in [0.717, 1.165) is 29.4 Å². The Morgan fingerprint density at radius 3 is 2.93 bits per heavy atom. The van der Waals surface area contributed by atoms with Crippen LogP contribution >= 0.6 is 15.9 Å². The summed E-state index contributed by atoms with van der Waals surface area (Å²) in [6.07, 6.45) is 4.56. The fourth-order valence-electron chi connectivity index (χ4n) is 1.41. The first kappa shape index (κ1) is 10.9. The molecule has 2 rings (SSSR count). The summed E-state index contributed by atoms with van der Waals surface area (Å²) in [5.41, 5.74) is 1.17. The summed E-state index contributed by atoms with van der Waals surface area (Å²) in [6, 6.07) is 2.85. The van der Waals surface area contributed by atoms with Gasteiger partial charge in [-0.1, -0.05) is 0 Å². The highest BCUT2D eigenvalue weighted by Crippen LogP contribution is 2.20. The van der Waals surface area contributed by atoms with Crippen molar-refractivity contribution in [1.29, 1.82) is 0 Å². The van der Waals surface area contributed by atoms with Gasteiger partial charge in [0.15, 0.2) is 0 Å². The first-order valence-corrected chi connectivity index (χ1v) is 6.14. The molecule has 4 heteroatoms. The molecule has 82 valence electrons. The minimum Gasteiger partial charge on any atom is -0.368 e. The van der Waals surface area contributed by atoms with E-state index < -0.39 is 0 Å². The topological polar surface area (TPSA) is 37.0 Å². The number of anilines is 1. The zero-order valence-electron chi connectivity index (χ0n) is 8.89. The van der Waals surface area contributed by atoms with Gasteiger partial charge in [0.1, 0.15) is 5.82 Å². The van der Waals surface area contributed by atoms with Gasteiger partial charge in [-0.2, -0.15) is 0 Å². The predicted molar refractivity (Wildman–Crippen MR) is 66.2 cm³/mol. The van der Waals surface area contributed by atoms with Crippen molar-refractivity contribution in [2.75, 3.05) is 18.4 Å². The first-order valence-electron chi connectivity index (χ1n) is 5.35. The van der Waals surface area contributed by atoms with Crippen LogP contribution in [0.25, 0.3) is 0 Å². The lowest BCUT2D eigenvalue weighted by atomic mass is 10.3. The van der Waals surface area contributed by atoms with E-state index in [1.807, 2.05) is 13.1 Å². The minimum atomic E-state index is 0.779. The lowest BCUT2D eigenvalue weighted by molar-refractivity contribution is 0.700. The van der Waals surface area contributed by atoms with E-state index in [0.29, 0.717) is 0 Å². The lowest BCUT2D eigenvalue weighted by Gasteiger charge is -2.08. The summed E-state index contributed by atoms with van der Waals surface area (Å²) in [6.45, 7) is 3.97. The molecule has 1 heterocycles. The van der Waals surface area contributed by atoms with Gasteiger partial charge >= 0.3 is 0 Å². The Hall–Kier alpha value is -0.610. The molecule has 1 saturated carbocycles. The molecular weight excluding hydrogens is 254 g/mol. The Balaban J connectivity index is 1.76. The lowest BCUT2D eigenvalue weighted by Crippen LogP contribution is -2.24. The average Bonchev–Trinajstić information content (AvgIpc) is 2.99. The number of aromatic nitrogens is 1. The second kappa shape index (κ2) is 4.94. The number of nitrogens with zero attached hydrogens (tertiary/aromatic N) is 1. The molecule has 3 nitrogen and oxygen atoms in total. The van der Waals surface area contributed by atoms with Gasteiger partial charge in [-0.3, -0.25) is 0 Å². The van der Waals surface area contributed by atoms with E-state index >= 15 is 0 Å². The van der Waals surface area contributed by atoms with E-state index in [1.165, 1.54) is 18.4 Å². The SMILES string of the molecule is Cc1cnc(NCCNC2CC2)c(Br)c1. The van der Waals surface area contributed by atoms with Crippen LogP contribution < -0.4 is 10.6 Å². The summed E-state index contributed by atoms with van der Waals surface area (Å²) >= 11 is 3.50. The van der Waals surface area contributed by atoms with E-state index in [4.69, 9.17) is 0 Å². The molecule has 0 aliphatic heterocycles. The Bertz CT molecular complexity index is 337. The third-order valence-corrected chi connectivity index (χ3v) is 3.01. The third kappa shape index (κ3) is 3.47. The maximum absolute atomic E-state index is 4.32. The van der Waals surface area contributed by atoms with Crippen LogP contribution in [0.1, 0.15) is 18.4 Å². The fourth-order valence-corrected chi connectivity index (χ4v) is 2.01. The highest BCUT2D eigenvalue weighted by atomic mass is 79.9. The smallest absolute Gasteiger partial charge is 0.140 e. The van der Waals surface area contributed by atoms with Crippen LogP contribution in [-0.2, 0) is 0 Å². The molecule has 0 spiro atoms. The van der Waals surface area contributed by atoms with Crippen LogP contribution in [0.5, 0.6) is 0 Å². The molecule has 0 unspecified atom stereocenters. The van der Waals surface area contributed by atoms with Gasteiger partial charge in [-0.15, -0.1) is 0 Å². The molecule has 2 N–H and O–H groups in total. The van der Waals surface area contributed by atoms with Crippen molar-refractivity contribution < 1.29 is 0 Å². The van der Waals surface area contributed by atoms with Crippen molar-refractivity contribution in [1.82, 2.24) is 10.3 Å². The van der Waals surface area contributed by atoms with Crippen molar-refractivity contribution in [3.05, 3.63) is 22.3 Å². The summed E-state index contributed by atoms with van der Waals surface area (Å²) in [5, 5.41) is 6.75. The van der Waals surface area contributed by atoms with E-state index in [1.54, 1.807) is 0 Å². The van der Waals surface area contributed by atoms with E-state index in [9.17, 15) is 0 Å². The summed E-state index contributed by atoms with van der Waals surface area (Å²) in [5.74, 6) is 0.929. The zero-order valence-corrected chi connectivity index (χ0v) is 10.5. The van der Waals surface area contributed by atoms with Crippen LogP contribution in [0.15, 0.2) is 16.7 Å². The molecule has 1 aromatic heterocycles. The van der Waals surface area contributed by atoms with Crippen molar-refractivity contribution in [2.24, 2.45) is 0 Å². The molecule has 1 aliphatic rings. The maximum Gasteiger partial charge on any atom is 0.140 e. The summed E-state index contributed by atoms with van der Waals surface area (Å²) in [4.78, 5) is 4.32. The van der Waals surface area contributed by atoms with Gasteiger partial charge < -0.3 is 10.6 Å². The Morgan fingerprint density at radius 2 is 2.27 bits per heavy atom. The van der Waals surface area contributed by atoms with Crippen LogP contribution in [0.4, 0.5) is 5.82 Å². The predicted octanol–water partition coefficient (Wildman–Crippen LogP) is 2.32. The van der Waals surface area contributed by atoms with Gasteiger partial charge in [0, 0.05) is 25.3 Å². The first-order chi connectivity index (χ1) is 7.25. The standard InChI is InChI=1S/C11H16BrN3/c1-8-6-10(12)11(15-7-8)14-5-4-13-9-2-3-9/h6-7,9,13H,2-5H2,1H3,(H,14,15). The normalized spacial score (nSPS) is 15.3. The van der Waals surface area contributed by atoms with Crippen LogP contribution in [0.2, 0.25) is 0 Å². The van der Waals surface area contributed by atoms with Gasteiger partial charge in [-0.05, 0) is 47.3 Å². The molecule has 0 amide bonds. The molecule has 0 aromatic carbocycles. The number of rotatable bonds is 5. The third-order valence-electron chi connectivity index (χ3n) is 2.41. The molecule has 0 saturated heterocycles. The molecule has 0 atom stereocenters. The molecule has 1 fully saturated rings. The molecule has 1 aliphatic carbocycles. The Labute approximate surface area is 98.8 Å². The number of halogens is 1. The summed E-state index contributed by atoms with van der Waals surface area (Å²) in [7, 11) is 0. The van der Waals surface area contributed by atoms with Crippen molar-refractivity contribution in [3.63, 3.8) is 0 Å². The van der Waals surface area contributed by atoms with Gasteiger partial charge in [-0.25, -0.2) is 4.98 Å². The number of aryl methyl sites for hydroxylation is 1. The highest BCUT2D eigenvalue weighted by molar-refractivity contribution is 9.10. The minimum absolute atomic E-state index is 0.779. The second-order valence-electron chi connectivity index (χ2n) is 4.00. The fraction of sp³-hybridized carbons (Fsp3) is 0.545. The molecular formula is C11H16BrN3. The molecule has 0 bridgehead atoms. The molecule has 1 aromatic rings. The van der Waals surface area contributed by atoms with Crippen molar-refractivity contribution in [3.8, 4) is 0 Å². The Kier molecular flexibility index (Phi) is 3.59. The van der Waals surface area contributed by atoms with E-state index in [-0.39, 0.29) is 0 Å². The van der Waals surface area contributed by atoms with Gasteiger partial charge in [0.05, 0.1) is 4.47 Å². The molecule has 15 heavy (non-hydrogen) atoms. The quantitative estimate of drug-likeness (QED) is 0.806. The number of hydrogen-bond acceptors (Lipinski definition) is 3. The number of pyridine rings is 1. The van der Waals surface area contributed by atoms with Gasteiger partial charge in [0.2, 0.25) is 0 Å². The average molecular weight is 270 g/mol. The van der Waals surface area contributed by atoms with Crippen LogP contribution in [0.3, 0.4) is 0 Å². The monoisotopic (exact) mass is 269 g/mol. The van der Waals surface area contributed by atoms with Crippen LogP contribution in [-0.4, -0.2) is 24.1 Å². The van der Waals surface area contributed by atoms with Crippen molar-refractivity contribution >= 4 is 21.7 Å².